The van der Waals surface area contributed by atoms with Gasteiger partial charge < -0.3 is 24.4 Å². The highest BCUT2D eigenvalue weighted by atomic mass is 16.5. The second-order valence-electron chi connectivity index (χ2n) is 5.35. The molecular weight excluding hydrogens is 256 g/mol. The number of anilines is 1. The maximum atomic E-state index is 5.74. The second kappa shape index (κ2) is 6.33. The summed E-state index contributed by atoms with van der Waals surface area (Å²) in [7, 11) is 2.13. The Balaban J connectivity index is 1.59. The van der Waals surface area contributed by atoms with Crippen LogP contribution in [0.5, 0.6) is 11.5 Å². The average molecular weight is 278 g/mol. The predicted molar refractivity (Wildman–Crippen MR) is 77.8 cm³/mol. The molecule has 0 aliphatic carbocycles. The zero-order chi connectivity index (χ0) is 13.8. The van der Waals surface area contributed by atoms with Crippen LogP contribution in [0, 0.1) is 0 Å². The first kappa shape index (κ1) is 13.5. The normalized spacial score (nSPS) is 23.1. The molecule has 0 saturated carbocycles. The van der Waals surface area contributed by atoms with Crippen LogP contribution in [-0.4, -0.2) is 57.5 Å². The number of ether oxygens (including phenoxy) is 3. The first-order valence-corrected chi connectivity index (χ1v) is 7.25. The number of nitrogens with one attached hydrogen (secondary N) is 1. The minimum absolute atomic E-state index is 0.240. The van der Waals surface area contributed by atoms with E-state index in [9.17, 15) is 0 Å². The van der Waals surface area contributed by atoms with Crippen LogP contribution in [-0.2, 0) is 4.74 Å². The predicted octanol–water partition coefficient (Wildman–Crippen LogP) is 1.59. The summed E-state index contributed by atoms with van der Waals surface area (Å²) in [5.74, 6) is 1.66. The van der Waals surface area contributed by atoms with Crippen molar-refractivity contribution in [1.82, 2.24) is 4.90 Å². The van der Waals surface area contributed by atoms with Gasteiger partial charge in [0.05, 0.1) is 25.9 Å². The molecule has 1 aromatic carbocycles. The fourth-order valence-electron chi connectivity index (χ4n) is 2.50. The van der Waals surface area contributed by atoms with Crippen molar-refractivity contribution < 1.29 is 14.2 Å². The van der Waals surface area contributed by atoms with Crippen molar-refractivity contribution in [2.45, 2.75) is 12.5 Å². The number of benzene rings is 1. The molecule has 110 valence electrons. The molecule has 5 heteroatoms. The molecule has 1 N–H and O–H groups in total. The highest BCUT2D eigenvalue weighted by molar-refractivity contribution is 5.55. The van der Waals surface area contributed by atoms with Gasteiger partial charge in [-0.3, -0.25) is 0 Å². The molecule has 0 radical (unpaired) electrons. The van der Waals surface area contributed by atoms with E-state index in [0.717, 1.165) is 56.5 Å². The number of likely N-dealkylation sites (N-methyl/N-ethyl adjacent to an activating group) is 1. The van der Waals surface area contributed by atoms with Crippen LogP contribution < -0.4 is 14.8 Å². The monoisotopic (exact) mass is 278 g/mol. The third-order valence-corrected chi connectivity index (χ3v) is 3.62. The van der Waals surface area contributed by atoms with Gasteiger partial charge >= 0.3 is 0 Å². The summed E-state index contributed by atoms with van der Waals surface area (Å²) in [6.07, 6.45) is 1.17. The molecule has 3 rings (SSSR count). The fraction of sp³-hybridized carbons (Fsp3) is 0.600. The summed E-state index contributed by atoms with van der Waals surface area (Å²) >= 11 is 0. The molecule has 1 fully saturated rings. The SMILES string of the molecule is CN1CCOC(CNc2ccc3c(c2)OCCCO3)C1. The standard InChI is InChI=1S/C15H22N2O3/c1-17-5-8-18-13(11-17)10-16-12-3-4-14-15(9-12)20-7-2-6-19-14/h3-4,9,13,16H,2,5-8,10-11H2,1H3. The molecule has 1 atom stereocenters. The summed E-state index contributed by atoms with van der Waals surface area (Å²) in [6, 6.07) is 6.00. The van der Waals surface area contributed by atoms with Gasteiger partial charge in [0.1, 0.15) is 0 Å². The Kier molecular flexibility index (Phi) is 4.28. The van der Waals surface area contributed by atoms with Gasteiger partial charge in [-0.2, -0.15) is 0 Å². The fourth-order valence-corrected chi connectivity index (χ4v) is 2.50. The lowest BCUT2D eigenvalue weighted by Gasteiger charge is -2.30. The lowest BCUT2D eigenvalue weighted by molar-refractivity contribution is -0.0117. The Morgan fingerprint density at radius 3 is 2.90 bits per heavy atom. The van der Waals surface area contributed by atoms with Crippen LogP contribution in [0.3, 0.4) is 0 Å². The number of morpholine rings is 1. The summed E-state index contributed by atoms with van der Waals surface area (Å²) in [4.78, 5) is 2.30. The van der Waals surface area contributed by atoms with E-state index in [4.69, 9.17) is 14.2 Å². The lowest BCUT2D eigenvalue weighted by Crippen LogP contribution is -2.43. The van der Waals surface area contributed by atoms with Crippen molar-refractivity contribution in [2.75, 3.05) is 51.8 Å². The van der Waals surface area contributed by atoms with Crippen LogP contribution in [0.1, 0.15) is 6.42 Å². The summed E-state index contributed by atoms with van der Waals surface area (Å²) < 4.78 is 17.1. The quantitative estimate of drug-likeness (QED) is 0.909. The van der Waals surface area contributed by atoms with Crippen LogP contribution >= 0.6 is 0 Å². The molecule has 1 aromatic rings. The maximum absolute atomic E-state index is 5.74. The van der Waals surface area contributed by atoms with E-state index in [1.54, 1.807) is 0 Å². The summed E-state index contributed by atoms with van der Waals surface area (Å²) in [6.45, 7) is 5.04. The van der Waals surface area contributed by atoms with E-state index in [0.29, 0.717) is 6.61 Å². The zero-order valence-corrected chi connectivity index (χ0v) is 11.9. The van der Waals surface area contributed by atoms with Crippen molar-refractivity contribution in [3.05, 3.63) is 18.2 Å². The Labute approximate surface area is 119 Å². The van der Waals surface area contributed by atoms with Gasteiger partial charge in [0.25, 0.3) is 0 Å². The molecule has 0 aromatic heterocycles. The molecule has 2 aliphatic rings. The Bertz CT molecular complexity index is 453. The zero-order valence-electron chi connectivity index (χ0n) is 11.9. The smallest absolute Gasteiger partial charge is 0.163 e. The number of fused-ring (bicyclic) bond motifs is 1. The Hall–Kier alpha value is -1.46. The van der Waals surface area contributed by atoms with E-state index < -0.39 is 0 Å². The highest BCUT2D eigenvalue weighted by Gasteiger charge is 2.17. The molecular formula is C15H22N2O3. The molecule has 0 amide bonds. The highest BCUT2D eigenvalue weighted by Crippen LogP contribution is 2.32. The van der Waals surface area contributed by atoms with E-state index in [-0.39, 0.29) is 6.10 Å². The first-order chi connectivity index (χ1) is 9.81. The van der Waals surface area contributed by atoms with Gasteiger partial charge in [-0.1, -0.05) is 0 Å². The number of rotatable bonds is 3. The van der Waals surface area contributed by atoms with E-state index in [2.05, 4.69) is 17.3 Å². The van der Waals surface area contributed by atoms with Gasteiger partial charge in [0, 0.05) is 37.8 Å². The first-order valence-electron chi connectivity index (χ1n) is 7.25. The molecule has 20 heavy (non-hydrogen) atoms. The number of nitrogens with zero attached hydrogens (tertiary/aromatic N) is 1. The Morgan fingerprint density at radius 1 is 1.20 bits per heavy atom. The van der Waals surface area contributed by atoms with Crippen LogP contribution in [0.25, 0.3) is 0 Å². The van der Waals surface area contributed by atoms with Gasteiger partial charge in [0.15, 0.2) is 11.5 Å². The molecule has 1 saturated heterocycles. The maximum Gasteiger partial charge on any atom is 0.163 e. The van der Waals surface area contributed by atoms with Gasteiger partial charge in [-0.25, -0.2) is 0 Å². The van der Waals surface area contributed by atoms with E-state index >= 15 is 0 Å². The Morgan fingerprint density at radius 2 is 2.05 bits per heavy atom. The van der Waals surface area contributed by atoms with E-state index in [1.807, 2.05) is 18.2 Å². The minimum atomic E-state index is 0.240. The summed E-state index contributed by atoms with van der Waals surface area (Å²) in [5.41, 5.74) is 1.05. The van der Waals surface area contributed by atoms with Crippen molar-refractivity contribution in [1.29, 1.82) is 0 Å². The second-order valence-corrected chi connectivity index (χ2v) is 5.35. The molecule has 5 nitrogen and oxygen atoms in total. The third kappa shape index (κ3) is 3.35. The molecule has 0 bridgehead atoms. The van der Waals surface area contributed by atoms with Crippen molar-refractivity contribution >= 4 is 5.69 Å². The van der Waals surface area contributed by atoms with E-state index in [1.165, 1.54) is 0 Å². The van der Waals surface area contributed by atoms with Gasteiger partial charge in [-0.05, 0) is 19.2 Å². The largest absolute Gasteiger partial charge is 0.490 e. The average Bonchev–Trinajstić information content (AvgIpc) is 2.70. The molecule has 0 spiro atoms. The molecule has 2 heterocycles. The third-order valence-electron chi connectivity index (χ3n) is 3.62. The molecule has 1 unspecified atom stereocenters. The number of hydrogen-bond acceptors (Lipinski definition) is 5. The molecule has 2 aliphatic heterocycles. The number of hydrogen-bond donors (Lipinski definition) is 1. The van der Waals surface area contributed by atoms with Crippen LogP contribution in [0.2, 0.25) is 0 Å². The summed E-state index contributed by atoms with van der Waals surface area (Å²) in [5, 5.41) is 3.42. The van der Waals surface area contributed by atoms with Crippen LogP contribution in [0.4, 0.5) is 5.69 Å². The van der Waals surface area contributed by atoms with Gasteiger partial charge in [-0.15, -0.1) is 0 Å². The van der Waals surface area contributed by atoms with Crippen molar-refractivity contribution in [3.63, 3.8) is 0 Å². The lowest BCUT2D eigenvalue weighted by atomic mass is 10.2. The van der Waals surface area contributed by atoms with Crippen LogP contribution in [0.15, 0.2) is 18.2 Å². The van der Waals surface area contributed by atoms with Crippen molar-refractivity contribution in [2.24, 2.45) is 0 Å². The topological polar surface area (TPSA) is 43.0 Å². The van der Waals surface area contributed by atoms with Crippen molar-refractivity contribution in [3.8, 4) is 11.5 Å². The minimum Gasteiger partial charge on any atom is -0.490 e. The van der Waals surface area contributed by atoms with Gasteiger partial charge in [0.2, 0.25) is 0 Å².